The molecule has 0 aromatic carbocycles. The molecule has 0 spiro atoms. The predicted octanol–water partition coefficient (Wildman–Crippen LogP) is 1.09. The Morgan fingerprint density at radius 3 is 2.78 bits per heavy atom. The van der Waals surface area contributed by atoms with E-state index in [-0.39, 0.29) is 18.0 Å². The third kappa shape index (κ3) is 2.85. The second kappa shape index (κ2) is 5.44. The van der Waals surface area contributed by atoms with Gasteiger partial charge >= 0.3 is 0 Å². The van der Waals surface area contributed by atoms with Crippen LogP contribution in [0.15, 0.2) is 6.07 Å². The maximum Gasteiger partial charge on any atom is 0.253 e. The standard InChI is InChI=1S/C13H20N4O/c1-8-7-10(9(2)17-16-8)13(18)15-12-6-4-3-5-11(12)14/h7,11-12H,3-6,14H2,1-2H3,(H,15,18). The van der Waals surface area contributed by atoms with Crippen LogP contribution < -0.4 is 11.1 Å². The van der Waals surface area contributed by atoms with Crippen LogP contribution in [0.25, 0.3) is 0 Å². The molecular weight excluding hydrogens is 228 g/mol. The molecule has 18 heavy (non-hydrogen) atoms. The lowest BCUT2D eigenvalue weighted by atomic mass is 9.91. The van der Waals surface area contributed by atoms with E-state index in [1.807, 2.05) is 6.92 Å². The van der Waals surface area contributed by atoms with E-state index < -0.39 is 0 Å². The van der Waals surface area contributed by atoms with Gasteiger partial charge in [-0.15, -0.1) is 0 Å². The van der Waals surface area contributed by atoms with Gasteiger partial charge in [0.25, 0.3) is 5.91 Å². The van der Waals surface area contributed by atoms with E-state index in [9.17, 15) is 4.79 Å². The van der Waals surface area contributed by atoms with E-state index >= 15 is 0 Å². The van der Waals surface area contributed by atoms with Gasteiger partial charge in [-0.25, -0.2) is 0 Å². The molecule has 1 saturated carbocycles. The van der Waals surface area contributed by atoms with Crippen LogP contribution in [0, 0.1) is 13.8 Å². The zero-order valence-corrected chi connectivity index (χ0v) is 10.9. The summed E-state index contributed by atoms with van der Waals surface area (Å²) in [5.74, 6) is -0.0900. The molecule has 1 aliphatic rings. The van der Waals surface area contributed by atoms with Crippen LogP contribution in [0.2, 0.25) is 0 Å². The summed E-state index contributed by atoms with van der Waals surface area (Å²) in [6.45, 7) is 3.62. The normalized spacial score (nSPS) is 23.7. The molecular formula is C13H20N4O. The lowest BCUT2D eigenvalue weighted by Gasteiger charge is -2.29. The highest BCUT2D eigenvalue weighted by Crippen LogP contribution is 2.17. The first-order chi connectivity index (χ1) is 8.58. The molecule has 1 aliphatic carbocycles. The van der Waals surface area contributed by atoms with Gasteiger partial charge in [0, 0.05) is 12.1 Å². The van der Waals surface area contributed by atoms with Crippen LogP contribution in [0.1, 0.15) is 47.4 Å². The van der Waals surface area contributed by atoms with Crippen LogP contribution in [0.3, 0.4) is 0 Å². The van der Waals surface area contributed by atoms with Crippen molar-refractivity contribution in [1.82, 2.24) is 15.5 Å². The monoisotopic (exact) mass is 248 g/mol. The van der Waals surface area contributed by atoms with Crippen molar-refractivity contribution in [2.45, 2.75) is 51.6 Å². The summed E-state index contributed by atoms with van der Waals surface area (Å²) in [6.07, 6.45) is 4.23. The Labute approximate surface area is 107 Å². The van der Waals surface area contributed by atoms with Gasteiger partial charge in [-0.2, -0.15) is 10.2 Å². The number of nitrogens with two attached hydrogens (primary N) is 1. The average molecular weight is 248 g/mol. The molecule has 1 heterocycles. The van der Waals surface area contributed by atoms with Gasteiger partial charge in [0.1, 0.15) is 0 Å². The minimum atomic E-state index is -0.0900. The van der Waals surface area contributed by atoms with Gasteiger partial charge in [0.2, 0.25) is 0 Å². The van der Waals surface area contributed by atoms with E-state index in [0.717, 1.165) is 31.4 Å². The number of carbonyl (C=O) groups is 1. The molecule has 0 aliphatic heterocycles. The lowest BCUT2D eigenvalue weighted by Crippen LogP contribution is -2.49. The summed E-state index contributed by atoms with van der Waals surface area (Å²) < 4.78 is 0. The Balaban J connectivity index is 2.09. The summed E-state index contributed by atoms with van der Waals surface area (Å²) in [4.78, 5) is 12.2. The number of hydrogen-bond acceptors (Lipinski definition) is 4. The molecule has 0 saturated heterocycles. The van der Waals surface area contributed by atoms with Crippen molar-refractivity contribution < 1.29 is 4.79 Å². The van der Waals surface area contributed by atoms with Gasteiger partial charge in [-0.3, -0.25) is 4.79 Å². The number of carbonyl (C=O) groups excluding carboxylic acids is 1. The van der Waals surface area contributed by atoms with Crippen molar-refractivity contribution in [3.05, 3.63) is 23.0 Å². The topological polar surface area (TPSA) is 80.9 Å². The Bertz CT molecular complexity index is 447. The molecule has 0 bridgehead atoms. The zero-order chi connectivity index (χ0) is 13.1. The van der Waals surface area contributed by atoms with E-state index in [1.54, 1.807) is 13.0 Å². The minimum Gasteiger partial charge on any atom is -0.348 e. The molecule has 5 nitrogen and oxygen atoms in total. The highest BCUT2D eigenvalue weighted by atomic mass is 16.1. The van der Waals surface area contributed by atoms with E-state index in [0.29, 0.717) is 11.3 Å². The summed E-state index contributed by atoms with van der Waals surface area (Å²) >= 11 is 0. The van der Waals surface area contributed by atoms with Crippen molar-refractivity contribution in [1.29, 1.82) is 0 Å². The highest BCUT2D eigenvalue weighted by molar-refractivity contribution is 5.95. The molecule has 5 heteroatoms. The quantitative estimate of drug-likeness (QED) is 0.821. The Kier molecular flexibility index (Phi) is 3.91. The molecule has 1 amide bonds. The first kappa shape index (κ1) is 13.0. The van der Waals surface area contributed by atoms with Gasteiger partial charge in [0.05, 0.1) is 17.0 Å². The maximum absolute atomic E-state index is 12.2. The highest BCUT2D eigenvalue weighted by Gasteiger charge is 2.24. The minimum absolute atomic E-state index is 0.0684. The van der Waals surface area contributed by atoms with Gasteiger partial charge in [-0.05, 0) is 32.8 Å². The van der Waals surface area contributed by atoms with Crippen LogP contribution in [0.5, 0.6) is 0 Å². The molecule has 3 N–H and O–H groups in total. The number of aromatic nitrogens is 2. The van der Waals surface area contributed by atoms with Crippen LogP contribution in [-0.2, 0) is 0 Å². The third-order valence-corrected chi connectivity index (χ3v) is 3.48. The maximum atomic E-state index is 12.2. The van der Waals surface area contributed by atoms with Crippen LogP contribution in [-0.4, -0.2) is 28.2 Å². The van der Waals surface area contributed by atoms with Gasteiger partial charge in [0.15, 0.2) is 0 Å². The predicted molar refractivity (Wildman–Crippen MR) is 69.2 cm³/mol. The molecule has 0 radical (unpaired) electrons. The van der Waals surface area contributed by atoms with Crippen LogP contribution in [0.4, 0.5) is 0 Å². The van der Waals surface area contributed by atoms with Crippen molar-refractivity contribution in [3.8, 4) is 0 Å². The number of rotatable bonds is 2. The Morgan fingerprint density at radius 2 is 2.06 bits per heavy atom. The largest absolute Gasteiger partial charge is 0.348 e. The third-order valence-electron chi connectivity index (χ3n) is 3.48. The summed E-state index contributed by atoms with van der Waals surface area (Å²) in [7, 11) is 0. The second-order valence-corrected chi connectivity index (χ2v) is 5.01. The van der Waals surface area contributed by atoms with Crippen molar-refractivity contribution >= 4 is 5.91 Å². The summed E-state index contributed by atoms with van der Waals surface area (Å²) in [5, 5.41) is 10.9. The molecule has 1 aromatic heterocycles. The molecule has 98 valence electrons. The van der Waals surface area contributed by atoms with E-state index in [2.05, 4.69) is 15.5 Å². The number of nitrogens with zero attached hydrogens (tertiary/aromatic N) is 2. The molecule has 2 unspecified atom stereocenters. The fourth-order valence-electron chi connectivity index (χ4n) is 2.36. The average Bonchev–Trinajstić information content (AvgIpc) is 2.35. The number of aryl methyl sites for hydroxylation is 2. The van der Waals surface area contributed by atoms with E-state index in [1.165, 1.54) is 0 Å². The lowest BCUT2D eigenvalue weighted by molar-refractivity contribution is 0.0920. The summed E-state index contributed by atoms with van der Waals surface area (Å²) in [6, 6.07) is 1.92. The fourth-order valence-corrected chi connectivity index (χ4v) is 2.36. The van der Waals surface area contributed by atoms with Crippen LogP contribution >= 0.6 is 0 Å². The summed E-state index contributed by atoms with van der Waals surface area (Å²) in [5.41, 5.74) is 8.03. The SMILES string of the molecule is Cc1cc(C(=O)NC2CCCCC2N)c(C)nn1. The smallest absolute Gasteiger partial charge is 0.253 e. The zero-order valence-electron chi connectivity index (χ0n) is 10.9. The number of amides is 1. The molecule has 1 fully saturated rings. The number of hydrogen-bond donors (Lipinski definition) is 2. The molecule has 2 rings (SSSR count). The molecule has 2 atom stereocenters. The first-order valence-electron chi connectivity index (χ1n) is 6.45. The second-order valence-electron chi connectivity index (χ2n) is 5.01. The number of nitrogens with one attached hydrogen (secondary N) is 1. The molecule has 1 aromatic rings. The Hall–Kier alpha value is -1.49. The van der Waals surface area contributed by atoms with Crippen molar-refractivity contribution in [2.75, 3.05) is 0 Å². The fraction of sp³-hybridized carbons (Fsp3) is 0.615. The van der Waals surface area contributed by atoms with E-state index in [4.69, 9.17) is 5.73 Å². The van der Waals surface area contributed by atoms with Crippen molar-refractivity contribution in [3.63, 3.8) is 0 Å². The first-order valence-corrected chi connectivity index (χ1v) is 6.45. The van der Waals surface area contributed by atoms with Gasteiger partial charge in [-0.1, -0.05) is 12.8 Å². The Morgan fingerprint density at radius 1 is 1.33 bits per heavy atom. The van der Waals surface area contributed by atoms with Crippen molar-refractivity contribution in [2.24, 2.45) is 5.73 Å². The van der Waals surface area contributed by atoms with Gasteiger partial charge < -0.3 is 11.1 Å².